The van der Waals surface area contributed by atoms with Crippen LogP contribution in [0.2, 0.25) is 0 Å². The molecule has 0 aliphatic rings. The number of anilines is 1. The number of carbonyl (C=O) groups is 1. The molecular weight excluding hydrogens is 390 g/mol. The average molecular weight is 407 g/mol. The van der Waals surface area contributed by atoms with Gasteiger partial charge in [-0.25, -0.2) is 0 Å². The molecule has 3 rings (SSSR count). The van der Waals surface area contributed by atoms with E-state index in [1.807, 2.05) is 6.92 Å². The second-order valence-corrected chi connectivity index (χ2v) is 7.11. The maximum absolute atomic E-state index is 12.2. The van der Waals surface area contributed by atoms with E-state index in [9.17, 15) is 4.79 Å². The molecule has 0 spiro atoms. The second-order valence-electron chi connectivity index (χ2n) is 5.10. The van der Waals surface area contributed by atoms with E-state index in [1.165, 1.54) is 27.8 Å². The summed E-state index contributed by atoms with van der Waals surface area (Å²) in [5, 5.41) is 24.1. The minimum atomic E-state index is -0.217. The van der Waals surface area contributed by atoms with Gasteiger partial charge in [0, 0.05) is 6.07 Å². The summed E-state index contributed by atoms with van der Waals surface area (Å²) in [6.07, 6.45) is 0.777. The SMILES string of the molecule is CCc1nnc(NC(=O)CSc2nnnn2-c2cc(OC)ccc2OC)s1. The fourth-order valence-corrected chi connectivity index (χ4v) is 3.49. The van der Waals surface area contributed by atoms with E-state index in [0.717, 1.165) is 11.4 Å². The summed E-state index contributed by atoms with van der Waals surface area (Å²) in [5.74, 6) is 1.12. The Balaban J connectivity index is 1.71. The fourth-order valence-electron chi connectivity index (χ4n) is 2.11. The van der Waals surface area contributed by atoms with Gasteiger partial charge in [0.1, 0.15) is 22.2 Å². The molecule has 142 valence electrons. The lowest BCUT2D eigenvalue weighted by Gasteiger charge is -2.11. The Bertz CT molecular complexity index is 928. The molecule has 0 bridgehead atoms. The number of rotatable bonds is 8. The molecule has 3 aromatic rings. The van der Waals surface area contributed by atoms with Crippen LogP contribution in [0, 0.1) is 0 Å². The molecule has 0 saturated heterocycles. The first-order chi connectivity index (χ1) is 13.1. The van der Waals surface area contributed by atoms with Gasteiger partial charge in [-0.1, -0.05) is 30.0 Å². The van der Waals surface area contributed by atoms with Crippen LogP contribution in [-0.4, -0.2) is 56.3 Å². The lowest BCUT2D eigenvalue weighted by molar-refractivity contribution is -0.113. The summed E-state index contributed by atoms with van der Waals surface area (Å²) in [4.78, 5) is 12.2. The van der Waals surface area contributed by atoms with Crippen molar-refractivity contribution in [3.8, 4) is 17.2 Å². The van der Waals surface area contributed by atoms with Crippen molar-refractivity contribution < 1.29 is 14.3 Å². The number of tetrazole rings is 1. The van der Waals surface area contributed by atoms with Gasteiger partial charge < -0.3 is 9.47 Å². The molecule has 1 N–H and O–H groups in total. The van der Waals surface area contributed by atoms with Crippen molar-refractivity contribution in [2.75, 3.05) is 25.3 Å². The number of nitrogens with zero attached hydrogens (tertiary/aromatic N) is 6. The minimum Gasteiger partial charge on any atom is -0.497 e. The molecule has 1 aromatic carbocycles. The molecule has 2 aromatic heterocycles. The highest BCUT2D eigenvalue weighted by Crippen LogP contribution is 2.29. The van der Waals surface area contributed by atoms with Crippen LogP contribution in [0.15, 0.2) is 23.4 Å². The number of hydrogen-bond donors (Lipinski definition) is 1. The van der Waals surface area contributed by atoms with Gasteiger partial charge in [-0.2, -0.15) is 4.68 Å². The smallest absolute Gasteiger partial charge is 0.236 e. The van der Waals surface area contributed by atoms with Crippen molar-refractivity contribution in [2.24, 2.45) is 0 Å². The highest BCUT2D eigenvalue weighted by Gasteiger charge is 2.16. The van der Waals surface area contributed by atoms with E-state index < -0.39 is 0 Å². The molecule has 0 radical (unpaired) electrons. The zero-order valence-electron chi connectivity index (χ0n) is 14.9. The maximum atomic E-state index is 12.2. The summed E-state index contributed by atoms with van der Waals surface area (Å²) in [6.45, 7) is 1.98. The first-order valence-electron chi connectivity index (χ1n) is 7.90. The number of aryl methyl sites for hydroxylation is 1. The summed E-state index contributed by atoms with van der Waals surface area (Å²) in [7, 11) is 3.13. The first kappa shape index (κ1) is 19.0. The Kier molecular flexibility index (Phi) is 6.19. The van der Waals surface area contributed by atoms with E-state index in [4.69, 9.17) is 9.47 Å². The Morgan fingerprint density at radius 2 is 2.11 bits per heavy atom. The van der Waals surface area contributed by atoms with Crippen molar-refractivity contribution in [3.63, 3.8) is 0 Å². The van der Waals surface area contributed by atoms with Gasteiger partial charge in [-0.15, -0.1) is 15.3 Å². The zero-order chi connectivity index (χ0) is 19.2. The maximum Gasteiger partial charge on any atom is 0.236 e. The third-order valence-corrected chi connectivity index (χ3v) is 5.31. The van der Waals surface area contributed by atoms with Crippen LogP contribution in [-0.2, 0) is 11.2 Å². The summed E-state index contributed by atoms with van der Waals surface area (Å²) < 4.78 is 12.1. The molecule has 0 saturated carbocycles. The molecule has 12 heteroatoms. The number of hydrogen-bond acceptors (Lipinski definition) is 10. The van der Waals surface area contributed by atoms with Crippen LogP contribution >= 0.6 is 23.1 Å². The van der Waals surface area contributed by atoms with Crippen molar-refractivity contribution in [1.82, 2.24) is 30.4 Å². The van der Waals surface area contributed by atoms with Crippen molar-refractivity contribution in [3.05, 3.63) is 23.2 Å². The van der Waals surface area contributed by atoms with Crippen LogP contribution in [0.25, 0.3) is 5.69 Å². The molecule has 10 nitrogen and oxygen atoms in total. The molecule has 1 amide bonds. The predicted octanol–water partition coefficient (Wildman–Crippen LogP) is 1.82. The van der Waals surface area contributed by atoms with Crippen molar-refractivity contribution in [2.45, 2.75) is 18.5 Å². The second kappa shape index (κ2) is 8.77. The molecule has 27 heavy (non-hydrogen) atoms. The molecule has 2 heterocycles. The molecule has 0 aliphatic heterocycles. The van der Waals surface area contributed by atoms with Crippen LogP contribution in [0.4, 0.5) is 5.13 Å². The van der Waals surface area contributed by atoms with Crippen LogP contribution in [0.3, 0.4) is 0 Å². The minimum absolute atomic E-state index is 0.119. The highest BCUT2D eigenvalue weighted by atomic mass is 32.2. The highest BCUT2D eigenvalue weighted by molar-refractivity contribution is 7.99. The fraction of sp³-hybridized carbons (Fsp3) is 0.333. The summed E-state index contributed by atoms with van der Waals surface area (Å²) in [6, 6.07) is 5.30. The lowest BCUT2D eigenvalue weighted by atomic mass is 10.3. The molecule has 0 unspecified atom stereocenters. The summed E-state index contributed by atoms with van der Waals surface area (Å²) >= 11 is 2.55. The van der Waals surface area contributed by atoms with Crippen molar-refractivity contribution in [1.29, 1.82) is 0 Å². The average Bonchev–Trinajstić information content (AvgIpc) is 3.34. The van der Waals surface area contributed by atoms with E-state index in [0.29, 0.717) is 27.5 Å². The topological polar surface area (TPSA) is 117 Å². The Morgan fingerprint density at radius 3 is 2.81 bits per heavy atom. The number of amides is 1. The largest absolute Gasteiger partial charge is 0.497 e. The van der Waals surface area contributed by atoms with Gasteiger partial charge in [0.2, 0.25) is 16.2 Å². The van der Waals surface area contributed by atoms with Gasteiger partial charge in [-0.3, -0.25) is 10.1 Å². The predicted molar refractivity (Wildman–Crippen MR) is 101 cm³/mol. The quantitative estimate of drug-likeness (QED) is 0.558. The monoisotopic (exact) mass is 407 g/mol. The van der Waals surface area contributed by atoms with Crippen LogP contribution < -0.4 is 14.8 Å². The van der Waals surface area contributed by atoms with Gasteiger partial charge >= 0.3 is 0 Å². The van der Waals surface area contributed by atoms with Crippen LogP contribution in [0.5, 0.6) is 11.5 Å². The number of nitrogens with one attached hydrogen (secondary N) is 1. The van der Waals surface area contributed by atoms with E-state index >= 15 is 0 Å². The lowest BCUT2D eigenvalue weighted by Crippen LogP contribution is -2.14. The van der Waals surface area contributed by atoms with Gasteiger partial charge in [0.15, 0.2) is 0 Å². The number of carbonyl (C=O) groups excluding carboxylic acids is 1. The third kappa shape index (κ3) is 4.52. The van der Waals surface area contributed by atoms with Gasteiger partial charge in [-0.05, 0) is 29.0 Å². The number of methoxy groups -OCH3 is 2. The van der Waals surface area contributed by atoms with Gasteiger partial charge in [0.25, 0.3) is 0 Å². The van der Waals surface area contributed by atoms with E-state index in [-0.39, 0.29) is 11.7 Å². The first-order valence-corrected chi connectivity index (χ1v) is 9.70. The normalized spacial score (nSPS) is 10.6. The number of ether oxygens (including phenoxy) is 2. The Labute approximate surface area is 163 Å². The van der Waals surface area contributed by atoms with Gasteiger partial charge in [0.05, 0.1) is 20.0 Å². The molecule has 0 atom stereocenters. The molecular formula is C15H17N7O3S2. The van der Waals surface area contributed by atoms with Crippen molar-refractivity contribution >= 4 is 34.1 Å². The number of aromatic nitrogens is 6. The molecule has 0 aliphatic carbocycles. The van der Waals surface area contributed by atoms with Crippen LogP contribution in [0.1, 0.15) is 11.9 Å². The zero-order valence-corrected chi connectivity index (χ0v) is 16.5. The molecule has 0 fully saturated rings. The Morgan fingerprint density at radius 1 is 1.26 bits per heavy atom. The number of thioether (sulfide) groups is 1. The Hall–Kier alpha value is -2.73. The standard InChI is InChI=1S/C15H17N7O3S2/c1-4-13-17-18-14(27-13)16-12(23)8-26-15-19-20-21-22(15)10-7-9(24-2)5-6-11(10)25-3/h5-7H,4,8H2,1-3H3,(H,16,18,23). The van der Waals surface area contributed by atoms with E-state index in [2.05, 4.69) is 31.0 Å². The van der Waals surface area contributed by atoms with E-state index in [1.54, 1.807) is 32.4 Å². The third-order valence-electron chi connectivity index (χ3n) is 3.40. The number of benzene rings is 1. The summed E-state index contributed by atoms with van der Waals surface area (Å²) in [5.41, 5.74) is 0.612.